The molecule has 2 heterocycles. The maximum Gasteiger partial charge on any atom is 0.312 e. The molecular weight excluding hydrogens is 311 g/mol. The number of carbonyl (C=O) groups is 1. The number of carbonyl (C=O) groups excluding carboxylic acids is 1. The number of anilines is 1. The maximum absolute atomic E-state index is 13.3. The Balaban J connectivity index is 1.68. The first-order valence-corrected chi connectivity index (χ1v) is 7.25. The standard InChI is InChI=1S/C14H14ClFN4O2/c15-11-2-1-9(16)7-10(11)13(21)20-5-3-8(4-6-20)12-18-19-14(17)22-12/h1-2,7-8H,3-6H2,(H2,17,19). The van der Waals surface area contributed by atoms with Crippen molar-refractivity contribution in [2.75, 3.05) is 18.8 Å². The number of piperidine rings is 1. The van der Waals surface area contributed by atoms with E-state index in [-0.39, 0.29) is 28.4 Å². The summed E-state index contributed by atoms with van der Waals surface area (Å²) in [6.45, 7) is 1.03. The summed E-state index contributed by atoms with van der Waals surface area (Å²) in [6, 6.07) is 3.82. The zero-order valence-electron chi connectivity index (χ0n) is 11.6. The van der Waals surface area contributed by atoms with Gasteiger partial charge in [0, 0.05) is 19.0 Å². The van der Waals surface area contributed by atoms with Crippen LogP contribution in [0.5, 0.6) is 0 Å². The van der Waals surface area contributed by atoms with E-state index in [1.807, 2.05) is 0 Å². The van der Waals surface area contributed by atoms with Crippen molar-refractivity contribution in [3.63, 3.8) is 0 Å². The van der Waals surface area contributed by atoms with Gasteiger partial charge >= 0.3 is 6.01 Å². The molecule has 0 spiro atoms. The Hall–Kier alpha value is -2.15. The molecule has 0 unspecified atom stereocenters. The number of nitrogens with zero attached hydrogens (tertiary/aromatic N) is 3. The fourth-order valence-electron chi connectivity index (χ4n) is 2.57. The molecule has 0 atom stereocenters. The van der Waals surface area contributed by atoms with Crippen LogP contribution in [0.4, 0.5) is 10.4 Å². The molecule has 1 saturated heterocycles. The predicted octanol–water partition coefficient (Wildman–Crippen LogP) is 2.46. The van der Waals surface area contributed by atoms with E-state index in [0.29, 0.717) is 31.8 Å². The quantitative estimate of drug-likeness (QED) is 0.917. The first-order chi connectivity index (χ1) is 10.5. The van der Waals surface area contributed by atoms with Gasteiger partial charge in [-0.25, -0.2) is 4.39 Å². The van der Waals surface area contributed by atoms with Crippen LogP contribution in [0.2, 0.25) is 5.02 Å². The van der Waals surface area contributed by atoms with Gasteiger partial charge in [0.1, 0.15) is 5.82 Å². The van der Waals surface area contributed by atoms with Gasteiger partial charge in [-0.15, -0.1) is 5.10 Å². The first kappa shape index (κ1) is 14.8. The summed E-state index contributed by atoms with van der Waals surface area (Å²) in [5.41, 5.74) is 5.60. The lowest BCUT2D eigenvalue weighted by molar-refractivity contribution is 0.0706. The van der Waals surface area contributed by atoms with Crippen LogP contribution in [0.15, 0.2) is 22.6 Å². The highest BCUT2D eigenvalue weighted by molar-refractivity contribution is 6.33. The molecule has 1 aliphatic heterocycles. The molecule has 0 saturated carbocycles. The molecule has 0 bridgehead atoms. The number of nitrogen functional groups attached to an aromatic ring is 1. The fraction of sp³-hybridized carbons (Fsp3) is 0.357. The van der Waals surface area contributed by atoms with E-state index in [1.165, 1.54) is 12.1 Å². The summed E-state index contributed by atoms with van der Waals surface area (Å²) >= 11 is 5.98. The van der Waals surface area contributed by atoms with Gasteiger partial charge in [-0.2, -0.15) is 0 Å². The van der Waals surface area contributed by atoms with Crippen molar-refractivity contribution in [1.82, 2.24) is 15.1 Å². The Morgan fingerprint density at radius 3 is 2.73 bits per heavy atom. The van der Waals surface area contributed by atoms with Gasteiger partial charge < -0.3 is 15.1 Å². The highest BCUT2D eigenvalue weighted by atomic mass is 35.5. The minimum Gasteiger partial charge on any atom is -0.408 e. The summed E-state index contributed by atoms with van der Waals surface area (Å²) in [5, 5.41) is 7.76. The molecule has 1 aromatic carbocycles. The molecule has 1 fully saturated rings. The molecule has 6 nitrogen and oxygen atoms in total. The van der Waals surface area contributed by atoms with Crippen molar-refractivity contribution in [3.05, 3.63) is 40.5 Å². The van der Waals surface area contributed by atoms with Crippen LogP contribution in [-0.2, 0) is 0 Å². The number of nitrogens with two attached hydrogens (primary N) is 1. The van der Waals surface area contributed by atoms with E-state index in [4.69, 9.17) is 21.8 Å². The van der Waals surface area contributed by atoms with Crippen molar-refractivity contribution in [2.24, 2.45) is 0 Å². The van der Waals surface area contributed by atoms with E-state index in [9.17, 15) is 9.18 Å². The van der Waals surface area contributed by atoms with Gasteiger partial charge in [-0.1, -0.05) is 16.7 Å². The SMILES string of the molecule is Nc1nnc(C2CCN(C(=O)c3cc(F)ccc3Cl)CC2)o1. The average Bonchev–Trinajstić information content (AvgIpc) is 2.96. The predicted molar refractivity (Wildman–Crippen MR) is 78.0 cm³/mol. The zero-order valence-corrected chi connectivity index (χ0v) is 12.4. The minimum absolute atomic E-state index is 0.0417. The van der Waals surface area contributed by atoms with E-state index >= 15 is 0 Å². The summed E-state index contributed by atoms with van der Waals surface area (Å²) < 4.78 is 18.5. The topological polar surface area (TPSA) is 85.2 Å². The van der Waals surface area contributed by atoms with Gasteiger partial charge in [0.15, 0.2) is 0 Å². The van der Waals surface area contributed by atoms with Crippen LogP contribution in [-0.4, -0.2) is 34.1 Å². The van der Waals surface area contributed by atoms with Crippen LogP contribution in [0.25, 0.3) is 0 Å². The lowest BCUT2D eigenvalue weighted by atomic mass is 9.96. The summed E-state index contributed by atoms with van der Waals surface area (Å²) in [5.74, 6) is -0.179. The lowest BCUT2D eigenvalue weighted by Gasteiger charge is -2.30. The summed E-state index contributed by atoms with van der Waals surface area (Å²) in [4.78, 5) is 14.1. The van der Waals surface area contributed by atoms with Crippen molar-refractivity contribution < 1.29 is 13.6 Å². The number of hydrogen-bond acceptors (Lipinski definition) is 5. The molecule has 8 heteroatoms. The number of benzene rings is 1. The van der Waals surface area contributed by atoms with Crippen LogP contribution in [0, 0.1) is 5.82 Å². The first-order valence-electron chi connectivity index (χ1n) is 6.88. The van der Waals surface area contributed by atoms with Crippen molar-refractivity contribution in [3.8, 4) is 0 Å². The highest BCUT2D eigenvalue weighted by Gasteiger charge is 2.28. The third-order valence-corrected chi connectivity index (χ3v) is 4.08. The smallest absolute Gasteiger partial charge is 0.312 e. The second-order valence-electron chi connectivity index (χ2n) is 5.17. The van der Waals surface area contributed by atoms with Gasteiger partial charge in [0.25, 0.3) is 5.91 Å². The Labute approximate surface area is 131 Å². The molecule has 0 aliphatic carbocycles. The lowest BCUT2D eigenvalue weighted by Crippen LogP contribution is -2.38. The fourth-order valence-corrected chi connectivity index (χ4v) is 2.77. The van der Waals surface area contributed by atoms with Crippen LogP contribution in [0.3, 0.4) is 0 Å². The van der Waals surface area contributed by atoms with Gasteiger partial charge in [0.2, 0.25) is 5.89 Å². The van der Waals surface area contributed by atoms with Crippen molar-refractivity contribution >= 4 is 23.5 Å². The van der Waals surface area contributed by atoms with Crippen LogP contribution < -0.4 is 5.73 Å². The molecule has 2 aromatic rings. The number of aromatic nitrogens is 2. The Bertz CT molecular complexity index is 698. The number of halogens is 2. The number of rotatable bonds is 2. The van der Waals surface area contributed by atoms with E-state index < -0.39 is 5.82 Å². The molecule has 1 aliphatic rings. The normalized spacial score (nSPS) is 16.0. The maximum atomic E-state index is 13.3. The summed E-state index contributed by atoms with van der Waals surface area (Å²) in [6.07, 6.45) is 1.36. The Morgan fingerprint density at radius 1 is 1.36 bits per heavy atom. The molecule has 0 radical (unpaired) electrons. The largest absolute Gasteiger partial charge is 0.408 e. The Kier molecular flexibility index (Phi) is 3.98. The molecule has 1 amide bonds. The molecule has 3 rings (SSSR count). The minimum atomic E-state index is -0.482. The molecular formula is C14H14ClFN4O2. The number of hydrogen-bond donors (Lipinski definition) is 1. The monoisotopic (exact) mass is 324 g/mol. The van der Waals surface area contributed by atoms with Gasteiger partial charge in [0.05, 0.1) is 10.6 Å². The molecule has 116 valence electrons. The van der Waals surface area contributed by atoms with E-state index in [0.717, 1.165) is 6.07 Å². The Morgan fingerprint density at radius 2 is 2.09 bits per heavy atom. The van der Waals surface area contributed by atoms with E-state index in [1.54, 1.807) is 4.90 Å². The molecule has 2 N–H and O–H groups in total. The van der Waals surface area contributed by atoms with Crippen molar-refractivity contribution in [2.45, 2.75) is 18.8 Å². The van der Waals surface area contributed by atoms with E-state index in [2.05, 4.69) is 10.2 Å². The van der Waals surface area contributed by atoms with Crippen LogP contribution in [0.1, 0.15) is 35.0 Å². The second-order valence-corrected chi connectivity index (χ2v) is 5.58. The second kappa shape index (κ2) is 5.92. The third kappa shape index (κ3) is 2.89. The average molecular weight is 325 g/mol. The molecule has 22 heavy (non-hydrogen) atoms. The number of likely N-dealkylation sites (tertiary alicyclic amines) is 1. The number of amides is 1. The molecule has 1 aromatic heterocycles. The van der Waals surface area contributed by atoms with Crippen molar-refractivity contribution in [1.29, 1.82) is 0 Å². The highest BCUT2D eigenvalue weighted by Crippen LogP contribution is 2.29. The van der Waals surface area contributed by atoms with Crippen LogP contribution >= 0.6 is 11.6 Å². The van der Waals surface area contributed by atoms with Gasteiger partial charge in [-0.3, -0.25) is 4.79 Å². The van der Waals surface area contributed by atoms with Gasteiger partial charge in [-0.05, 0) is 31.0 Å². The zero-order chi connectivity index (χ0) is 15.7. The third-order valence-electron chi connectivity index (χ3n) is 3.75. The summed E-state index contributed by atoms with van der Waals surface area (Å²) in [7, 11) is 0.